The van der Waals surface area contributed by atoms with Crippen molar-refractivity contribution >= 4 is 17.4 Å². The predicted octanol–water partition coefficient (Wildman–Crippen LogP) is 4.38. The van der Waals surface area contributed by atoms with Crippen molar-refractivity contribution in [2.75, 3.05) is 26.1 Å². The van der Waals surface area contributed by atoms with Crippen molar-refractivity contribution in [3.8, 4) is 11.5 Å². The van der Waals surface area contributed by atoms with Crippen LogP contribution in [-0.2, 0) is 6.42 Å². The Kier molecular flexibility index (Phi) is 5.48. The highest BCUT2D eigenvalue weighted by atomic mass is 16.6. The number of urea groups is 1. The van der Waals surface area contributed by atoms with E-state index in [1.165, 1.54) is 18.2 Å². The molecule has 9 nitrogen and oxygen atoms in total. The molecule has 1 aliphatic rings. The van der Waals surface area contributed by atoms with E-state index in [9.17, 15) is 14.9 Å². The van der Waals surface area contributed by atoms with Gasteiger partial charge in [0.15, 0.2) is 0 Å². The van der Waals surface area contributed by atoms with Crippen LogP contribution < -0.4 is 14.8 Å². The van der Waals surface area contributed by atoms with E-state index in [0.29, 0.717) is 35.9 Å². The summed E-state index contributed by atoms with van der Waals surface area (Å²) in [4.78, 5) is 25.4. The molecule has 0 radical (unpaired) electrons. The Labute approximate surface area is 178 Å². The molecule has 1 N–H and O–H groups in total. The third kappa shape index (κ3) is 3.89. The topological polar surface area (TPSA) is 107 Å². The first kappa shape index (κ1) is 20.3. The molecule has 2 heterocycles. The molecule has 1 atom stereocenters. The SMILES string of the molecule is COc1cc2c(c(OC)c1)C(c1ccco1)N(C(=O)Nc1cccc([N+](=O)[O-])c1)CC2. The maximum atomic E-state index is 13.2. The molecule has 0 saturated carbocycles. The van der Waals surface area contributed by atoms with E-state index in [-0.39, 0.29) is 5.69 Å². The second kappa shape index (κ2) is 8.39. The third-order valence-corrected chi connectivity index (χ3v) is 5.25. The number of fused-ring (bicyclic) bond motifs is 1. The van der Waals surface area contributed by atoms with Gasteiger partial charge in [-0.1, -0.05) is 6.07 Å². The summed E-state index contributed by atoms with van der Waals surface area (Å²) in [6.07, 6.45) is 2.14. The molecule has 1 aromatic heterocycles. The third-order valence-electron chi connectivity index (χ3n) is 5.25. The van der Waals surface area contributed by atoms with Crippen LogP contribution in [0.25, 0.3) is 0 Å². The fourth-order valence-corrected chi connectivity index (χ4v) is 3.84. The number of nitrogens with one attached hydrogen (secondary N) is 1. The first-order chi connectivity index (χ1) is 15.0. The molecule has 1 unspecified atom stereocenters. The highest BCUT2D eigenvalue weighted by molar-refractivity contribution is 5.90. The van der Waals surface area contributed by atoms with E-state index in [4.69, 9.17) is 13.9 Å². The van der Waals surface area contributed by atoms with Gasteiger partial charge in [-0.25, -0.2) is 4.79 Å². The maximum absolute atomic E-state index is 13.2. The molecule has 31 heavy (non-hydrogen) atoms. The predicted molar refractivity (Wildman–Crippen MR) is 113 cm³/mol. The Balaban J connectivity index is 1.72. The molecule has 2 aromatic carbocycles. The van der Waals surface area contributed by atoms with E-state index in [1.54, 1.807) is 49.6 Å². The minimum atomic E-state index is -0.529. The Morgan fingerprint density at radius 2 is 2.03 bits per heavy atom. The van der Waals surface area contributed by atoms with Crippen molar-refractivity contribution in [1.29, 1.82) is 0 Å². The van der Waals surface area contributed by atoms with Crippen LogP contribution in [0.4, 0.5) is 16.2 Å². The van der Waals surface area contributed by atoms with Gasteiger partial charge >= 0.3 is 6.03 Å². The Bertz CT molecular complexity index is 1100. The zero-order chi connectivity index (χ0) is 22.0. The van der Waals surface area contributed by atoms with Crippen molar-refractivity contribution in [1.82, 2.24) is 4.90 Å². The maximum Gasteiger partial charge on any atom is 0.322 e. The summed E-state index contributed by atoms with van der Waals surface area (Å²) in [6, 6.07) is 12.2. The number of hydrogen-bond donors (Lipinski definition) is 1. The van der Waals surface area contributed by atoms with E-state index in [2.05, 4.69) is 5.32 Å². The number of nitrogens with zero attached hydrogens (tertiary/aromatic N) is 2. The second-order valence-corrected chi connectivity index (χ2v) is 7.00. The van der Waals surface area contributed by atoms with Crippen molar-refractivity contribution in [2.24, 2.45) is 0 Å². The standard InChI is InChI=1S/C22H21N3O6/c1-29-17-11-14-8-9-24(22(26)23-15-5-3-6-16(12-15)25(27)28)21(18-7-4-10-31-18)20(14)19(13-17)30-2/h3-7,10-13,21H,8-9H2,1-2H3,(H,23,26). The Hall–Kier alpha value is -4.01. The Morgan fingerprint density at radius 3 is 2.71 bits per heavy atom. The number of benzene rings is 2. The second-order valence-electron chi connectivity index (χ2n) is 7.00. The van der Waals surface area contributed by atoms with Crippen molar-refractivity contribution in [3.63, 3.8) is 0 Å². The number of amides is 2. The van der Waals surface area contributed by atoms with Gasteiger partial charge in [-0.2, -0.15) is 0 Å². The quantitative estimate of drug-likeness (QED) is 0.482. The summed E-state index contributed by atoms with van der Waals surface area (Å²) in [6.45, 7) is 0.412. The normalized spacial score (nSPS) is 15.2. The number of carbonyl (C=O) groups is 1. The molecule has 0 aliphatic carbocycles. The Morgan fingerprint density at radius 1 is 1.19 bits per heavy atom. The number of nitro benzene ring substituents is 1. The highest BCUT2D eigenvalue weighted by Crippen LogP contribution is 2.43. The average Bonchev–Trinajstić information content (AvgIpc) is 3.32. The lowest BCUT2D eigenvalue weighted by Crippen LogP contribution is -2.43. The van der Waals surface area contributed by atoms with Gasteiger partial charge in [0.05, 0.1) is 25.4 Å². The fraction of sp³-hybridized carbons (Fsp3) is 0.227. The smallest absolute Gasteiger partial charge is 0.322 e. The molecule has 3 aromatic rings. The van der Waals surface area contributed by atoms with Gasteiger partial charge in [-0.15, -0.1) is 0 Å². The van der Waals surface area contributed by atoms with Crippen molar-refractivity contribution in [2.45, 2.75) is 12.5 Å². The number of furan rings is 1. The number of non-ortho nitro benzene ring substituents is 1. The van der Waals surface area contributed by atoms with Gasteiger partial charge in [0.1, 0.15) is 23.3 Å². The monoisotopic (exact) mass is 423 g/mol. The number of hydrogen-bond acceptors (Lipinski definition) is 6. The van der Waals surface area contributed by atoms with Crippen LogP contribution in [0.3, 0.4) is 0 Å². The minimum absolute atomic E-state index is 0.0989. The van der Waals surface area contributed by atoms with Crippen molar-refractivity contribution in [3.05, 3.63) is 81.8 Å². The van der Waals surface area contributed by atoms with Gasteiger partial charge in [0.2, 0.25) is 0 Å². The van der Waals surface area contributed by atoms with Crippen molar-refractivity contribution < 1.29 is 23.6 Å². The van der Waals surface area contributed by atoms with Crippen LogP contribution in [-0.4, -0.2) is 36.6 Å². The van der Waals surface area contributed by atoms with Gasteiger partial charge in [-0.3, -0.25) is 10.1 Å². The van der Waals surface area contributed by atoms with Crippen LogP contribution in [0.1, 0.15) is 22.9 Å². The molecule has 0 spiro atoms. The summed E-state index contributed by atoms with van der Waals surface area (Å²) >= 11 is 0. The van der Waals surface area contributed by atoms with Crippen LogP contribution in [0.5, 0.6) is 11.5 Å². The number of carbonyl (C=O) groups excluding carboxylic acids is 1. The average molecular weight is 423 g/mol. The number of methoxy groups -OCH3 is 2. The molecule has 2 amide bonds. The number of ether oxygens (including phenoxy) is 2. The van der Waals surface area contributed by atoms with Crippen LogP contribution >= 0.6 is 0 Å². The summed E-state index contributed by atoms with van der Waals surface area (Å²) in [7, 11) is 3.16. The largest absolute Gasteiger partial charge is 0.497 e. The molecular formula is C22H21N3O6. The lowest BCUT2D eigenvalue weighted by molar-refractivity contribution is -0.384. The number of rotatable bonds is 5. The molecular weight excluding hydrogens is 402 g/mol. The summed E-state index contributed by atoms with van der Waals surface area (Å²) in [5.74, 6) is 1.84. The van der Waals surface area contributed by atoms with Crippen LogP contribution in [0, 0.1) is 10.1 Å². The van der Waals surface area contributed by atoms with E-state index < -0.39 is 17.0 Å². The molecule has 0 fully saturated rings. The highest BCUT2D eigenvalue weighted by Gasteiger charge is 2.37. The molecule has 0 saturated heterocycles. The molecule has 9 heteroatoms. The molecule has 0 bridgehead atoms. The van der Waals surface area contributed by atoms with Gasteiger partial charge in [0.25, 0.3) is 5.69 Å². The summed E-state index contributed by atoms with van der Waals surface area (Å²) in [5, 5.41) is 13.8. The van der Waals surface area contributed by atoms with E-state index in [0.717, 1.165) is 11.1 Å². The minimum Gasteiger partial charge on any atom is -0.497 e. The van der Waals surface area contributed by atoms with E-state index in [1.807, 2.05) is 6.07 Å². The van der Waals surface area contributed by atoms with Crippen LogP contribution in [0.2, 0.25) is 0 Å². The lowest BCUT2D eigenvalue weighted by atomic mass is 9.90. The van der Waals surface area contributed by atoms with Gasteiger partial charge in [0, 0.05) is 36.0 Å². The number of nitro groups is 1. The lowest BCUT2D eigenvalue weighted by Gasteiger charge is -2.37. The number of anilines is 1. The first-order valence-electron chi connectivity index (χ1n) is 9.62. The van der Waals surface area contributed by atoms with Gasteiger partial charge < -0.3 is 24.1 Å². The zero-order valence-electron chi connectivity index (χ0n) is 17.0. The van der Waals surface area contributed by atoms with Gasteiger partial charge in [-0.05, 0) is 36.2 Å². The first-order valence-corrected chi connectivity index (χ1v) is 9.62. The van der Waals surface area contributed by atoms with Crippen LogP contribution in [0.15, 0.2) is 59.2 Å². The summed E-state index contributed by atoms with van der Waals surface area (Å²) < 4.78 is 16.7. The molecule has 1 aliphatic heterocycles. The fourth-order valence-electron chi connectivity index (χ4n) is 3.84. The molecule has 4 rings (SSSR count). The summed E-state index contributed by atoms with van der Waals surface area (Å²) in [5.41, 5.74) is 2.05. The van der Waals surface area contributed by atoms with E-state index >= 15 is 0 Å². The molecule has 160 valence electrons. The zero-order valence-corrected chi connectivity index (χ0v) is 17.0.